The first kappa shape index (κ1) is 10.5. The first-order chi connectivity index (χ1) is 5.95. The Kier molecular flexibility index (Phi) is 2.96. The van der Waals surface area contributed by atoms with Crippen LogP contribution in [-0.4, -0.2) is 35.0 Å². The van der Waals surface area contributed by atoms with E-state index < -0.39 is 0 Å². The minimum atomic E-state index is 0.181. The van der Waals surface area contributed by atoms with Crippen molar-refractivity contribution in [3.05, 3.63) is 0 Å². The molecule has 0 aliphatic carbocycles. The molecule has 1 aliphatic rings. The van der Waals surface area contributed by atoms with Gasteiger partial charge in [-0.1, -0.05) is 0 Å². The Morgan fingerprint density at radius 2 is 1.46 bits per heavy atom. The lowest BCUT2D eigenvalue weighted by Crippen LogP contribution is -2.64. The average Bonchev–Trinajstić information content (AvgIpc) is 2.01. The Morgan fingerprint density at radius 1 is 1.08 bits per heavy atom. The van der Waals surface area contributed by atoms with Gasteiger partial charge in [0.15, 0.2) is 0 Å². The highest BCUT2D eigenvalue weighted by molar-refractivity contribution is 5.74. The Balaban J connectivity index is 2.82. The van der Waals surface area contributed by atoms with Gasteiger partial charge in [-0.15, -0.1) is 0 Å². The second kappa shape index (κ2) is 3.66. The third kappa shape index (κ3) is 1.85. The summed E-state index contributed by atoms with van der Waals surface area (Å²) in [5.41, 5.74) is 0. The molecular weight excluding hydrogens is 164 g/mol. The summed E-state index contributed by atoms with van der Waals surface area (Å²) in [5.74, 6) is 0.181. The summed E-state index contributed by atoms with van der Waals surface area (Å²) in [5, 5.41) is 3.47. The van der Waals surface area contributed by atoms with Gasteiger partial charge in [0.05, 0.1) is 0 Å². The minimum Gasteiger partial charge on any atom is -0.334 e. The molecule has 0 saturated carbocycles. The predicted octanol–water partition coefficient (Wildman–Crippen LogP) is 0.992. The number of carbonyl (C=O) groups is 1. The summed E-state index contributed by atoms with van der Waals surface area (Å²) in [6, 6.07) is 1.36. The van der Waals surface area contributed by atoms with E-state index in [4.69, 9.17) is 0 Å². The topological polar surface area (TPSA) is 32.3 Å². The van der Waals surface area contributed by atoms with Crippen molar-refractivity contribution in [2.75, 3.05) is 0 Å². The van der Waals surface area contributed by atoms with Crippen molar-refractivity contribution in [1.82, 2.24) is 10.2 Å². The molecule has 0 aromatic heterocycles. The smallest absolute Gasteiger partial charge is 0.220 e. The Morgan fingerprint density at radius 3 is 1.77 bits per heavy atom. The van der Waals surface area contributed by atoms with E-state index in [-0.39, 0.29) is 5.91 Å². The van der Waals surface area contributed by atoms with Gasteiger partial charge in [-0.3, -0.25) is 4.79 Å². The number of nitrogens with zero attached hydrogens (tertiary/aromatic N) is 1. The van der Waals surface area contributed by atoms with Crippen LogP contribution in [-0.2, 0) is 4.79 Å². The molecule has 0 bridgehead atoms. The standard InChI is InChI=1S/C10H20N2O/c1-6-8(3)12(10(5)13)9(4)7(2)11-6/h6-9,11H,1-5H3/t6-,7-,8+,9+/m0/s1. The Bertz CT molecular complexity index is 191. The highest BCUT2D eigenvalue weighted by Gasteiger charge is 2.35. The molecule has 0 aromatic rings. The summed E-state index contributed by atoms with van der Waals surface area (Å²) in [7, 11) is 0. The lowest BCUT2D eigenvalue weighted by molar-refractivity contribution is -0.136. The lowest BCUT2D eigenvalue weighted by atomic mass is 9.97. The zero-order valence-electron chi connectivity index (χ0n) is 9.16. The van der Waals surface area contributed by atoms with E-state index in [2.05, 4.69) is 33.0 Å². The molecule has 13 heavy (non-hydrogen) atoms. The quantitative estimate of drug-likeness (QED) is 0.609. The fourth-order valence-electron chi connectivity index (χ4n) is 2.12. The maximum atomic E-state index is 11.4. The molecule has 4 atom stereocenters. The molecule has 76 valence electrons. The van der Waals surface area contributed by atoms with Crippen molar-refractivity contribution in [2.24, 2.45) is 0 Å². The molecule has 3 nitrogen and oxygen atoms in total. The average molecular weight is 184 g/mol. The molecule has 1 rings (SSSR count). The van der Waals surface area contributed by atoms with E-state index in [1.807, 2.05) is 4.90 Å². The maximum Gasteiger partial charge on any atom is 0.220 e. The third-order valence-electron chi connectivity index (χ3n) is 3.21. The van der Waals surface area contributed by atoms with Crippen LogP contribution in [0.25, 0.3) is 0 Å². The molecule has 3 heteroatoms. The first-order valence-corrected chi connectivity index (χ1v) is 5.00. The molecule has 1 N–H and O–H groups in total. The molecule has 1 amide bonds. The number of rotatable bonds is 0. The maximum absolute atomic E-state index is 11.4. The molecule has 0 aromatic carbocycles. The third-order valence-corrected chi connectivity index (χ3v) is 3.21. The van der Waals surface area contributed by atoms with Gasteiger partial charge in [0.1, 0.15) is 0 Å². The number of amides is 1. The van der Waals surface area contributed by atoms with Crippen LogP contribution in [0.1, 0.15) is 34.6 Å². The largest absolute Gasteiger partial charge is 0.334 e. The van der Waals surface area contributed by atoms with Crippen LogP contribution in [0.2, 0.25) is 0 Å². The summed E-state index contributed by atoms with van der Waals surface area (Å²) in [6.07, 6.45) is 0. The van der Waals surface area contributed by atoms with Crippen LogP contribution in [0, 0.1) is 0 Å². The predicted molar refractivity (Wildman–Crippen MR) is 53.5 cm³/mol. The van der Waals surface area contributed by atoms with Crippen molar-refractivity contribution in [3.8, 4) is 0 Å². The van der Waals surface area contributed by atoms with Crippen molar-refractivity contribution < 1.29 is 4.79 Å². The van der Waals surface area contributed by atoms with Gasteiger partial charge >= 0.3 is 0 Å². The van der Waals surface area contributed by atoms with E-state index in [0.29, 0.717) is 24.2 Å². The van der Waals surface area contributed by atoms with Gasteiger partial charge in [0.2, 0.25) is 5.91 Å². The van der Waals surface area contributed by atoms with Gasteiger partial charge < -0.3 is 10.2 Å². The summed E-state index contributed by atoms with van der Waals surface area (Å²) >= 11 is 0. The molecule has 1 fully saturated rings. The van der Waals surface area contributed by atoms with Gasteiger partial charge in [0.25, 0.3) is 0 Å². The Hall–Kier alpha value is -0.570. The molecule has 0 radical (unpaired) electrons. The lowest BCUT2D eigenvalue weighted by Gasteiger charge is -2.46. The fraction of sp³-hybridized carbons (Fsp3) is 0.900. The minimum absolute atomic E-state index is 0.181. The first-order valence-electron chi connectivity index (χ1n) is 5.00. The van der Waals surface area contributed by atoms with E-state index in [0.717, 1.165) is 0 Å². The van der Waals surface area contributed by atoms with Crippen molar-refractivity contribution >= 4 is 5.91 Å². The van der Waals surface area contributed by atoms with Crippen LogP contribution in [0.15, 0.2) is 0 Å². The fourth-order valence-corrected chi connectivity index (χ4v) is 2.12. The molecule has 1 saturated heterocycles. The zero-order chi connectivity index (χ0) is 10.2. The highest BCUT2D eigenvalue weighted by atomic mass is 16.2. The highest BCUT2D eigenvalue weighted by Crippen LogP contribution is 2.18. The Labute approximate surface area is 80.5 Å². The number of hydrogen-bond donors (Lipinski definition) is 1. The molecule has 0 unspecified atom stereocenters. The van der Waals surface area contributed by atoms with Crippen LogP contribution in [0.3, 0.4) is 0 Å². The van der Waals surface area contributed by atoms with Crippen molar-refractivity contribution in [1.29, 1.82) is 0 Å². The summed E-state index contributed by atoms with van der Waals surface area (Å²) < 4.78 is 0. The van der Waals surface area contributed by atoms with E-state index >= 15 is 0 Å². The number of piperazine rings is 1. The number of nitrogens with one attached hydrogen (secondary N) is 1. The molecular formula is C10H20N2O. The van der Waals surface area contributed by atoms with Crippen LogP contribution in [0.5, 0.6) is 0 Å². The number of carbonyl (C=O) groups excluding carboxylic acids is 1. The van der Waals surface area contributed by atoms with Crippen molar-refractivity contribution in [2.45, 2.75) is 58.8 Å². The normalized spacial score (nSPS) is 40.5. The van der Waals surface area contributed by atoms with Gasteiger partial charge in [-0.05, 0) is 27.7 Å². The zero-order valence-corrected chi connectivity index (χ0v) is 9.16. The van der Waals surface area contributed by atoms with E-state index in [1.165, 1.54) is 0 Å². The molecule has 1 aliphatic heterocycles. The van der Waals surface area contributed by atoms with Gasteiger partial charge in [0, 0.05) is 31.1 Å². The van der Waals surface area contributed by atoms with Crippen molar-refractivity contribution in [3.63, 3.8) is 0 Å². The van der Waals surface area contributed by atoms with E-state index in [1.54, 1.807) is 6.92 Å². The second-order valence-electron chi connectivity index (χ2n) is 4.15. The monoisotopic (exact) mass is 184 g/mol. The molecule has 0 spiro atoms. The number of hydrogen-bond acceptors (Lipinski definition) is 2. The van der Waals surface area contributed by atoms with Crippen LogP contribution < -0.4 is 5.32 Å². The van der Waals surface area contributed by atoms with Crippen LogP contribution in [0.4, 0.5) is 0 Å². The summed E-state index contributed by atoms with van der Waals surface area (Å²) in [6.45, 7) is 10.1. The van der Waals surface area contributed by atoms with Crippen LogP contribution >= 0.6 is 0 Å². The van der Waals surface area contributed by atoms with E-state index in [9.17, 15) is 4.79 Å². The second-order valence-corrected chi connectivity index (χ2v) is 4.15. The SMILES string of the molecule is CC(=O)N1[C@H](C)[C@H](C)N[C@@H](C)[C@H]1C. The summed E-state index contributed by atoms with van der Waals surface area (Å²) in [4.78, 5) is 13.4. The van der Waals surface area contributed by atoms with Gasteiger partial charge in [-0.2, -0.15) is 0 Å². The molecule has 1 heterocycles. The van der Waals surface area contributed by atoms with Gasteiger partial charge in [-0.25, -0.2) is 0 Å².